The van der Waals surface area contributed by atoms with E-state index in [1.165, 1.54) is 11.8 Å². The van der Waals surface area contributed by atoms with Gasteiger partial charge in [0, 0.05) is 19.0 Å². The lowest BCUT2D eigenvalue weighted by molar-refractivity contribution is -0.138. The van der Waals surface area contributed by atoms with Crippen LogP contribution in [0.4, 0.5) is 26.3 Å². The summed E-state index contributed by atoms with van der Waals surface area (Å²) in [4.78, 5) is 19.4. The van der Waals surface area contributed by atoms with Crippen LogP contribution >= 0.6 is 11.6 Å². The fraction of sp³-hybridized carbons (Fsp3) is 0.478. The van der Waals surface area contributed by atoms with E-state index in [2.05, 4.69) is 22.6 Å². The summed E-state index contributed by atoms with van der Waals surface area (Å²) in [6.45, 7) is 3.65. The predicted molar refractivity (Wildman–Crippen MR) is 115 cm³/mol. The zero-order chi connectivity index (χ0) is 25.8. The average Bonchev–Trinajstić information content (AvgIpc) is 3.38. The number of carbonyl (C=O) groups excluding carboxylic acids is 1. The van der Waals surface area contributed by atoms with E-state index < -0.39 is 45.9 Å². The molecule has 1 amide bonds. The van der Waals surface area contributed by atoms with Crippen LogP contribution in [-0.4, -0.2) is 52.9 Å². The van der Waals surface area contributed by atoms with Crippen LogP contribution in [0.1, 0.15) is 48.2 Å². The van der Waals surface area contributed by atoms with Gasteiger partial charge in [-0.3, -0.25) is 10.1 Å². The van der Waals surface area contributed by atoms with Crippen molar-refractivity contribution >= 4 is 23.2 Å². The Balaban J connectivity index is 1.61. The highest BCUT2D eigenvalue weighted by molar-refractivity contribution is 6.22. The highest BCUT2D eigenvalue weighted by Crippen LogP contribution is 2.42. The summed E-state index contributed by atoms with van der Waals surface area (Å²) < 4.78 is 81.3. The molecule has 1 saturated heterocycles. The minimum Gasteiger partial charge on any atom is -0.384 e. The number of oxime groups is 1. The second-order valence-corrected chi connectivity index (χ2v) is 9.49. The number of nitrogens with one attached hydrogen (secondary N) is 1. The summed E-state index contributed by atoms with van der Waals surface area (Å²) in [5.41, 5.74) is -3.99. The molecule has 1 aromatic rings. The Bertz CT molecular complexity index is 1130. The van der Waals surface area contributed by atoms with E-state index in [1.807, 2.05) is 0 Å². The normalized spacial score (nSPS) is 27.1. The van der Waals surface area contributed by atoms with Gasteiger partial charge in [0.15, 0.2) is 5.60 Å². The third kappa shape index (κ3) is 5.14. The number of hydrogen-bond acceptors (Lipinski definition) is 4. The number of allylic oxidation sites excluding steroid dienone is 3. The van der Waals surface area contributed by atoms with Crippen molar-refractivity contribution < 1.29 is 36.0 Å². The topological polar surface area (TPSA) is 53.9 Å². The molecular weight excluding hydrogens is 500 g/mol. The number of rotatable bonds is 3. The Morgan fingerprint density at radius 2 is 1.97 bits per heavy atom. The van der Waals surface area contributed by atoms with Gasteiger partial charge in [-0.05, 0) is 38.0 Å². The fourth-order valence-electron chi connectivity index (χ4n) is 4.20. The molecule has 188 valence electrons. The summed E-state index contributed by atoms with van der Waals surface area (Å²) in [6.07, 6.45) is -7.71. The van der Waals surface area contributed by atoms with Crippen LogP contribution < -0.4 is 5.32 Å². The quantitative estimate of drug-likeness (QED) is 0.451. The van der Waals surface area contributed by atoms with Gasteiger partial charge in [-0.1, -0.05) is 23.4 Å². The van der Waals surface area contributed by atoms with Crippen LogP contribution in [0.5, 0.6) is 0 Å². The molecule has 4 rings (SSSR count). The van der Waals surface area contributed by atoms with Crippen LogP contribution in [-0.2, 0) is 11.0 Å². The number of alkyl halides is 7. The van der Waals surface area contributed by atoms with Gasteiger partial charge in [-0.15, -0.1) is 11.6 Å². The number of hydrogen-bond donors (Lipinski definition) is 1. The van der Waals surface area contributed by atoms with Gasteiger partial charge in [0.05, 0.1) is 34.5 Å². The Labute approximate surface area is 202 Å². The maximum atomic E-state index is 13.9. The summed E-state index contributed by atoms with van der Waals surface area (Å²) in [5.74, 6) is -0.835. The van der Waals surface area contributed by atoms with E-state index in [0.29, 0.717) is 0 Å². The van der Waals surface area contributed by atoms with E-state index in [-0.39, 0.29) is 48.9 Å². The SMILES string of the molecule is CC1CN(C(=O)c2c#cc(C3=NOC(C)(C4=CC(C(F)(F)F)=CC(Cl)C4)C3)cc2C(F)(F)F)CN1. The fourth-order valence-corrected chi connectivity index (χ4v) is 4.50. The van der Waals surface area contributed by atoms with Crippen molar-refractivity contribution in [2.75, 3.05) is 13.2 Å². The second-order valence-electron chi connectivity index (χ2n) is 8.93. The molecule has 0 saturated carbocycles. The first kappa shape index (κ1) is 25.4. The third-order valence-electron chi connectivity index (χ3n) is 6.10. The molecule has 2 aliphatic heterocycles. The molecule has 12 heteroatoms. The Kier molecular flexibility index (Phi) is 6.34. The standard InChI is InChI=1S/C23H20ClF6N3O2/c1-12-10-33(11-31-12)20(34)17-4-3-13(5-18(17)23(28,29)30)19-9-21(2,35-32-19)14-6-15(22(25,26)27)8-16(24)7-14/h5-6,8,12,16,31H,7,9-11H2,1-2H3. The number of nitrogens with zero attached hydrogens (tertiary/aromatic N) is 2. The maximum Gasteiger partial charge on any atom is 0.417 e. The van der Waals surface area contributed by atoms with Crippen LogP contribution in [0.15, 0.2) is 34.5 Å². The first-order chi connectivity index (χ1) is 16.2. The summed E-state index contributed by atoms with van der Waals surface area (Å²) in [6, 6.07) is 5.56. The number of carbonyl (C=O) groups is 1. The van der Waals surface area contributed by atoms with Crippen LogP contribution in [0, 0.1) is 12.1 Å². The first-order valence-corrected chi connectivity index (χ1v) is 11.1. The highest BCUT2D eigenvalue weighted by Gasteiger charge is 2.44. The van der Waals surface area contributed by atoms with Crippen molar-refractivity contribution in [1.29, 1.82) is 0 Å². The van der Waals surface area contributed by atoms with Gasteiger partial charge in [0.1, 0.15) is 5.56 Å². The molecule has 2 heterocycles. The van der Waals surface area contributed by atoms with Crippen LogP contribution in [0.25, 0.3) is 0 Å². The molecule has 1 aliphatic carbocycles. The van der Waals surface area contributed by atoms with Gasteiger partial charge in [0.25, 0.3) is 5.91 Å². The lowest BCUT2D eigenvalue weighted by Crippen LogP contribution is -2.32. The summed E-state index contributed by atoms with van der Waals surface area (Å²) in [7, 11) is 0. The van der Waals surface area contributed by atoms with Gasteiger partial charge < -0.3 is 9.74 Å². The predicted octanol–water partition coefficient (Wildman–Crippen LogP) is 5.01. The van der Waals surface area contributed by atoms with Crippen molar-refractivity contribution in [3.05, 3.63) is 58.2 Å². The van der Waals surface area contributed by atoms with Crippen molar-refractivity contribution in [3.8, 4) is 0 Å². The molecule has 1 fully saturated rings. The van der Waals surface area contributed by atoms with Gasteiger partial charge in [-0.25, -0.2) is 0 Å². The van der Waals surface area contributed by atoms with Gasteiger partial charge in [-0.2, -0.15) is 26.3 Å². The lowest BCUT2D eigenvalue weighted by atomic mass is 9.82. The monoisotopic (exact) mass is 519 g/mol. The molecule has 0 spiro atoms. The Morgan fingerprint density at radius 3 is 2.57 bits per heavy atom. The zero-order valence-electron chi connectivity index (χ0n) is 18.6. The molecule has 3 unspecified atom stereocenters. The van der Waals surface area contributed by atoms with Crippen molar-refractivity contribution in [2.45, 2.75) is 56.1 Å². The van der Waals surface area contributed by atoms with Gasteiger partial charge >= 0.3 is 12.4 Å². The third-order valence-corrected chi connectivity index (χ3v) is 6.38. The largest absolute Gasteiger partial charge is 0.417 e. The zero-order valence-corrected chi connectivity index (χ0v) is 19.3. The Morgan fingerprint density at radius 1 is 1.26 bits per heavy atom. The minimum atomic E-state index is -4.86. The molecule has 0 radical (unpaired) electrons. The molecule has 0 bridgehead atoms. The number of amides is 1. The van der Waals surface area contributed by atoms with Crippen molar-refractivity contribution in [2.24, 2.45) is 5.16 Å². The van der Waals surface area contributed by atoms with E-state index in [9.17, 15) is 31.1 Å². The molecular formula is C23H20ClF6N3O2. The van der Waals surface area contributed by atoms with Crippen LogP contribution in [0.3, 0.4) is 0 Å². The second kappa shape index (κ2) is 8.75. The molecule has 1 N–H and O–H groups in total. The molecule has 0 aromatic heterocycles. The van der Waals surface area contributed by atoms with E-state index in [1.54, 1.807) is 6.92 Å². The lowest BCUT2D eigenvalue weighted by Gasteiger charge is -2.29. The Hall–Kier alpha value is -2.71. The summed E-state index contributed by atoms with van der Waals surface area (Å²) in [5, 5.41) is 5.88. The molecule has 35 heavy (non-hydrogen) atoms. The van der Waals surface area contributed by atoms with Gasteiger partial charge in [0.2, 0.25) is 0 Å². The molecule has 3 atom stereocenters. The van der Waals surface area contributed by atoms with Crippen molar-refractivity contribution in [1.82, 2.24) is 10.2 Å². The maximum absolute atomic E-state index is 13.9. The molecule has 1 aromatic carbocycles. The summed E-state index contributed by atoms with van der Waals surface area (Å²) >= 11 is 6.00. The van der Waals surface area contributed by atoms with Crippen molar-refractivity contribution in [3.63, 3.8) is 0 Å². The number of halogens is 7. The minimum absolute atomic E-state index is 0.0415. The van der Waals surface area contributed by atoms with E-state index in [0.717, 1.165) is 18.2 Å². The highest BCUT2D eigenvalue weighted by atomic mass is 35.5. The smallest absolute Gasteiger partial charge is 0.384 e. The molecule has 5 nitrogen and oxygen atoms in total. The van der Waals surface area contributed by atoms with E-state index in [4.69, 9.17) is 16.4 Å². The molecule has 3 aliphatic rings. The average molecular weight is 520 g/mol. The van der Waals surface area contributed by atoms with E-state index >= 15 is 0 Å². The first-order valence-electron chi connectivity index (χ1n) is 10.6. The van der Waals surface area contributed by atoms with Crippen LogP contribution in [0.2, 0.25) is 0 Å².